The molecule has 0 bridgehead atoms. The van der Waals surface area contributed by atoms with E-state index in [9.17, 15) is 12.8 Å². The summed E-state index contributed by atoms with van der Waals surface area (Å²) in [6, 6.07) is 11.9. The molecule has 0 unspecified atom stereocenters. The molecule has 3 rings (SSSR count). The molecule has 0 amide bonds. The van der Waals surface area contributed by atoms with Crippen LogP contribution in [0.4, 0.5) is 4.39 Å². The number of nitrogens with one attached hydrogen (secondary N) is 1. The Bertz CT molecular complexity index is 866. The summed E-state index contributed by atoms with van der Waals surface area (Å²) in [5, 5.41) is 0.105. The number of hydrogen-bond acceptors (Lipinski definition) is 4. The van der Waals surface area contributed by atoms with Gasteiger partial charge in [0.2, 0.25) is 10.0 Å². The Labute approximate surface area is 164 Å². The van der Waals surface area contributed by atoms with Crippen LogP contribution in [0, 0.1) is 5.82 Å². The fraction of sp³-hybridized carbons (Fsp3) is 0.368. The molecule has 0 aliphatic carbocycles. The molecule has 8 heteroatoms. The zero-order valence-electron chi connectivity index (χ0n) is 14.8. The summed E-state index contributed by atoms with van der Waals surface area (Å²) in [5.41, 5.74) is 1.95. The van der Waals surface area contributed by atoms with Gasteiger partial charge >= 0.3 is 0 Å². The maximum absolute atomic E-state index is 13.8. The van der Waals surface area contributed by atoms with Gasteiger partial charge in [-0.1, -0.05) is 41.9 Å². The van der Waals surface area contributed by atoms with Crippen LogP contribution in [0.1, 0.15) is 16.7 Å². The lowest BCUT2D eigenvalue weighted by atomic mass is 10.1. The van der Waals surface area contributed by atoms with E-state index in [1.165, 1.54) is 18.2 Å². The van der Waals surface area contributed by atoms with Crippen LogP contribution in [-0.2, 0) is 33.6 Å². The Morgan fingerprint density at radius 2 is 1.81 bits per heavy atom. The predicted molar refractivity (Wildman–Crippen MR) is 103 cm³/mol. The monoisotopic (exact) mass is 412 g/mol. The van der Waals surface area contributed by atoms with Crippen molar-refractivity contribution in [2.45, 2.75) is 18.8 Å². The fourth-order valence-electron chi connectivity index (χ4n) is 2.96. The molecule has 5 nitrogen and oxygen atoms in total. The number of morpholine rings is 1. The van der Waals surface area contributed by atoms with E-state index in [2.05, 4.69) is 9.62 Å². The fourth-order valence-corrected chi connectivity index (χ4v) is 4.43. The zero-order chi connectivity index (χ0) is 19.3. The van der Waals surface area contributed by atoms with Gasteiger partial charge in [-0.25, -0.2) is 17.5 Å². The SMILES string of the molecule is O=S(=O)(Cc1c(F)cccc1Cl)NCc1cccc(CN2CCOCC2)c1. The normalized spacial score (nSPS) is 15.8. The number of benzene rings is 2. The summed E-state index contributed by atoms with van der Waals surface area (Å²) in [7, 11) is -3.72. The average Bonchev–Trinajstić information content (AvgIpc) is 2.65. The Morgan fingerprint density at radius 1 is 1.11 bits per heavy atom. The average molecular weight is 413 g/mol. The molecule has 146 valence electrons. The zero-order valence-corrected chi connectivity index (χ0v) is 16.4. The second kappa shape index (κ2) is 9.12. The van der Waals surface area contributed by atoms with Crippen molar-refractivity contribution in [2.24, 2.45) is 0 Å². The molecule has 27 heavy (non-hydrogen) atoms. The first-order chi connectivity index (χ1) is 12.9. The molecule has 0 aromatic heterocycles. The van der Waals surface area contributed by atoms with Crippen molar-refractivity contribution in [1.82, 2.24) is 9.62 Å². The van der Waals surface area contributed by atoms with Crippen LogP contribution >= 0.6 is 11.6 Å². The summed E-state index contributed by atoms with van der Waals surface area (Å²) < 4.78 is 46.3. The van der Waals surface area contributed by atoms with Gasteiger partial charge in [0.1, 0.15) is 5.82 Å². The third-order valence-corrected chi connectivity index (χ3v) is 6.00. The lowest BCUT2D eigenvalue weighted by Crippen LogP contribution is -2.35. The molecular formula is C19H22ClFN2O3S. The van der Waals surface area contributed by atoms with E-state index in [0.29, 0.717) is 0 Å². The minimum atomic E-state index is -3.72. The number of ether oxygens (including phenoxy) is 1. The highest BCUT2D eigenvalue weighted by Gasteiger charge is 2.17. The van der Waals surface area contributed by atoms with Crippen LogP contribution in [0.15, 0.2) is 42.5 Å². The van der Waals surface area contributed by atoms with Gasteiger partial charge in [-0.2, -0.15) is 0 Å². The highest BCUT2D eigenvalue weighted by Crippen LogP contribution is 2.21. The van der Waals surface area contributed by atoms with Gasteiger partial charge in [-0.15, -0.1) is 0 Å². The van der Waals surface area contributed by atoms with Gasteiger partial charge in [0.15, 0.2) is 0 Å². The van der Waals surface area contributed by atoms with Crippen LogP contribution in [-0.4, -0.2) is 39.6 Å². The number of hydrogen-bond donors (Lipinski definition) is 1. The van der Waals surface area contributed by atoms with E-state index in [0.717, 1.165) is 44.0 Å². The molecule has 0 radical (unpaired) electrons. The first-order valence-corrected chi connectivity index (χ1v) is 10.7. The van der Waals surface area contributed by atoms with Gasteiger partial charge in [0.05, 0.1) is 19.0 Å². The molecule has 1 saturated heterocycles. The quantitative estimate of drug-likeness (QED) is 0.759. The summed E-state index contributed by atoms with van der Waals surface area (Å²) in [4.78, 5) is 2.30. The largest absolute Gasteiger partial charge is 0.379 e. The molecule has 1 heterocycles. The highest BCUT2D eigenvalue weighted by atomic mass is 35.5. The van der Waals surface area contributed by atoms with E-state index in [4.69, 9.17) is 16.3 Å². The predicted octanol–water partition coefficient (Wildman–Crippen LogP) is 2.93. The third kappa shape index (κ3) is 5.99. The first kappa shape index (κ1) is 20.2. The molecule has 1 N–H and O–H groups in total. The molecule has 1 aliphatic rings. The molecule has 2 aromatic carbocycles. The number of halogens is 2. The Kier molecular flexibility index (Phi) is 6.83. The van der Waals surface area contributed by atoms with E-state index >= 15 is 0 Å². The van der Waals surface area contributed by atoms with Crippen molar-refractivity contribution < 1.29 is 17.5 Å². The summed E-state index contributed by atoms with van der Waals surface area (Å²) >= 11 is 5.92. The Morgan fingerprint density at radius 3 is 2.56 bits per heavy atom. The number of rotatable bonds is 7. The molecule has 0 saturated carbocycles. The molecule has 1 fully saturated rings. The number of nitrogens with zero attached hydrogens (tertiary/aromatic N) is 1. The topological polar surface area (TPSA) is 58.6 Å². The maximum atomic E-state index is 13.8. The van der Waals surface area contributed by atoms with Crippen LogP contribution < -0.4 is 4.72 Å². The van der Waals surface area contributed by atoms with E-state index in [1.807, 2.05) is 24.3 Å². The smallest absolute Gasteiger partial charge is 0.216 e. The standard InChI is InChI=1S/C19H22ClFN2O3S/c20-18-5-2-6-19(21)17(18)14-27(24,25)22-12-15-3-1-4-16(11-15)13-23-7-9-26-10-8-23/h1-6,11,22H,7-10,12-14H2. The summed E-state index contributed by atoms with van der Waals surface area (Å²) in [6.07, 6.45) is 0. The van der Waals surface area contributed by atoms with Crippen LogP contribution in [0.25, 0.3) is 0 Å². The second-order valence-electron chi connectivity index (χ2n) is 6.49. The molecule has 0 atom stereocenters. The van der Waals surface area contributed by atoms with Crippen LogP contribution in [0.2, 0.25) is 5.02 Å². The molecule has 1 aliphatic heterocycles. The van der Waals surface area contributed by atoms with Crippen molar-refractivity contribution in [3.05, 3.63) is 70.0 Å². The number of sulfonamides is 1. The minimum Gasteiger partial charge on any atom is -0.379 e. The summed E-state index contributed by atoms with van der Waals surface area (Å²) in [6.45, 7) is 4.19. The van der Waals surface area contributed by atoms with Crippen molar-refractivity contribution in [3.63, 3.8) is 0 Å². The Hall–Kier alpha value is -1.51. The van der Waals surface area contributed by atoms with Gasteiger partial charge < -0.3 is 4.74 Å². The van der Waals surface area contributed by atoms with E-state index in [-0.39, 0.29) is 17.1 Å². The second-order valence-corrected chi connectivity index (χ2v) is 8.70. The first-order valence-electron chi connectivity index (χ1n) is 8.71. The lowest BCUT2D eigenvalue weighted by molar-refractivity contribution is 0.0342. The van der Waals surface area contributed by atoms with E-state index < -0.39 is 21.6 Å². The van der Waals surface area contributed by atoms with Gasteiger partial charge in [-0.05, 0) is 23.3 Å². The van der Waals surface area contributed by atoms with Crippen LogP contribution in [0.5, 0.6) is 0 Å². The van der Waals surface area contributed by atoms with Crippen molar-refractivity contribution in [2.75, 3.05) is 26.3 Å². The van der Waals surface area contributed by atoms with Crippen LogP contribution in [0.3, 0.4) is 0 Å². The van der Waals surface area contributed by atoms with Gasteiger partial charge in [0, 0.05) is 36.8 Å². The van der Waals surface area contributed by atoms with Gasteiger partial charge in [-0.3, -0.25) is 4.90 Å². The van der Waals surface area contributed by atoms with Crippen molar-refractivity contribution in [3.8, 4) is 0 Å². The minimum absolute atomic E-state index is 0.0206. The molecule has 2 aromatic rings. The molecular weight excluding hydrogens is 391 g/mol. The Balaban J connectivity index is 1.61. The third-order valence-electron chi connectivity index (χ3n) is 4.39. The summed E-state index contributed by atoms with van der Waals surface area (Å²) in [5.74, 6) is -1.12. The van der Waals surface area contributed by atoms with Crippen molar-refractivity contribution >= 4 is 21.6 Å². The van der Waals surface area contributed by atoms with Crippen molar-refractivity contribution in [1.29, 1.82) is 0 Å². The van der Waals surface area contributed by atoms with E-state index in [1.54, 1.807) is 0 Å². The van der Waals surface area contributed by atoms with Gasteiger partial charge in [0.25, 0.3) is 0 Å². The lowest BCUT2D eigenvalue weighted by Gasteiger charge is -2.26. The maximum Gasteiger partial charge on any atom is 0.216 e. The molecule has 0 spiro atoms. The highest BCUT2D eigenvalue weighted by molar-refractivity contribution is 7.88.